The fourth-order valence-electron chi connectivity index (χ4n) is 2.13. The maximum atomic E-state index is 2.59. The number of hydrogen-bond donors (Lipinski definition) is 0. The van der Waals surface area contributed by atoms with E-state index in [0.29, 0.717) is 0 Å². The summed E-state index contributed by atoms with van der Waals surface area (Å²) in [5, 5.41) is 0. The average Bonchev–Trinajstić information content (AvgIpc) is 2.12. The summed E-state index contributed by atoms with van der Waals surface area (Å²) < 4.78 is 0. The lowest BCUT2D eigenvalue weighted by atomic mass is 9.54. The summed E-state index contributed by atoms with van der Waals surface area (Å²) in [5.74, 6) is 2.07. The quantitative estimate of drug-likeness (QED) is 0.416. The van der Waals surface area contributed by atoms with Gasteiger partial charge in [0.1, 0.15) is 7.28 Å². The van der Waals surface area contributed by atoms with Crippen molar-refractivity contribution in [2.24, 2.45) is 0 Å². The van der Waals surface area contributed by atoms with Crippen LogP contribution in [0.3, 0.4) is 0 Å². The molecule has 0 amide bonds. The monoisotopic (exact) mass is 107 g/mol. The first kappa shape index (κ1) is 4.90. The summed E-state index contributed by atoms with van der Waals surface area (Å²) in [6.45, 7) is 0. The highest BCUT2D eigenvalue weighted by atomic mass is 14.2. The van der Waals surface area contributed by atoms with Crippen molar-refractivity contribution in [2.45, 2.75) is 43.7 Å². The van der Waals surface area contributed by atoms with Crippen molar-refractivity contribution in [1.29, 1.82) is 0 Å². The highest BCUT2D eigenvalue weighted by Gasteiger charge is 2.28. The number of hydrogen-bond acceptors (Lipinski definition) is 0. The lowest BCUT2D eigenvalue weighted by Gasteiger charge is -2.15. The van der Waals surface area contributed by atoms with Gasteiger partial charge in [-0.2, -0.15) is 0 Å². The van der Waals surface area contributed by atoms with Crippen LogP contribution in [-0.4, -0.2) is 7.28 Å². The molecule has 1 heteroatoms. The molecule has 0 aromatic carbocycles. The normalized spacial score (nSPS) is 44.0. The SMILES string of the molecule is [B]1C2CCCC1CC2. The van der Waals surface area contributed by atoms with Gasteiger partial charge >= 0.3 is 0 Å². The Bertz CT molecular complexity index is 76.4. The second kappa shape index (κ2) is 1.79. The van der Waals surface area contributed by atoms with Crippen molar-refractivity contribution in [1.82, 2.24) is 0 Å². The minimum absolute atomic E-state index is 1.04. The van der Waals surface area contributed by atoms with Gasteiger partial charge in [0, 0.05) is 0 Å². The molecular formula is C7H12B. The molecule has 8 heavy (non-hydrogen) atoms. The summed E-state index contributed by atoms with van der Waals surface area (Å²) in [6.07, 6.45) is 7.51. The van der Waals surface area contributed by atoms with Gasteiger partial charge in [-0.1, -0.05) is 43.7 Å². The van der Waals surface area contributed by atoms with Crippen molar-refractivity contribution in [2.75, 3.05) is 0 Å². The molecule has 2 fully saturated rings. The van der Waals surface area contributed by atoms with Gasteiger partial charge in [-0.05, 0) is 0 Å². The number of rotatable bonds is 0. The van der Waals surface area contributed by atoms with Crippen LogP contribution < -0.4 is 0 Å². The molecule has 2 aliphatic rings. The predicted molar refractivity (Wildman–Crippen MR) is 36.3 cm³/mol. The molecule has 2 atom stereocenters. The first-order valence-electron chi connectivity index (χ1n) is 3.80. The van der Waals surface area contributed by atoms with Gasteiger partial charge in [0.15, 0.2) is 0 Å². The molecule has 43 valence electrons. The first-order chi connectivity index (χ1) is 3.95. The van der Waals surface area contributed by atoms with E-state index in [2.05, 4.69) is 7.28 Å². The Morgan fingerprint density at radius 2 is 1.50 bits per heavy atom. The molecule has 2 aliphatic heterocycles. The van der Waals surface area contributed by atoms with Gasteiger partial charge in [-0.15, -0.1) is 0 Å². The summed E-state index contributed by atoms with van der Waals surface area (Å²) in [7, 11) is 2.59. The van der Waals surface area contributed by atoms with Crippen molar-refractivity contribution in [3.05, 3.63) is 0 Å². The predicted octanol–water partition coefficient (Wildman–Crippen LogP) is 2.25. The molecule has 0 N–H and O–H groups in total. The molecule has 2 heterocycles. The third kappa shape index (κ3) is 0.686. The maximum Gasteiger partial charge on any atom is 0.117 e. The molecule has 2 bridgehead atoms. The van der Waals surface area contributed by atoms with E-state index in [1.807, 2.05) is 0 Å². The first-order valence-corrected chi connectivity index (χ1v) is 3.80. The second-order valence-corrected chi connectivity index (χ2v) is 3.22. The third-order valence-corrected chi connectivity index (χ3v) is 2.60. The van der Waals surface area contributed by atoms with E-state index in [9.17, 15) is 0 Å². The summed E-state index contributed by atoms with van der Waals surface area (Å²) >= 11 is 0. The lowest BCUT2D eigenvalue weighted by Crippen LogP contribution is -2.06. The van der Waals surface area contributed by atoms with Crippen molar-refractivity contribution in [3.63, 3.8) is 0 Å². The van der Waals surface area contributed by atoms with Crippen molar-refractivity contribution < 1.29 is 0 Å². The average molecular weight is 107 g/mol. The molecule has 1 radical (unpaired) electrons. The summed E-state index contributed by atoms with van der Waals surface area (Å²) in [4.78, 5) is 0. The van der Waals surface area contributed by atoms with E-state index in [-0.39, 0.29) is 0 Å². The Hall–Kier alpha value is 0.0649. The van der Waals surface area contributed by atoms with Gasteiger partial charge in [0.05, 0.1) is 0 Å². The molecular weight excluding hydrogens is 94.9 g/mol. The van der Waals surface area contributed by atoms with Crippen LogP contribution in [0.1, 0.15) is 32.1 Å². The van der Waals surface area contributed by atoms with Crippen LogP contribution >= 0.6 is 0 Å². The zero-order chi connectivity index (χ0) is 5.40. The van der Waals surface area contributed by atoms with Gasteiger partial charge in [-0.25, -0.2) is 0 Å². The van der Waals surface area contributed by atoms with Crippen LogP contribution in [0.2, 0.25) is 11.6 Å². The Morgan fingerprint density at radius 1 is 0.875 bits per heavy atom. The molecule has 0 aromatic heterocycles. The number of fused-ring (bicyclic) bond motifs is 2. The van der Waals surface area contributed by atoms with E-state index in [0.717, 1.165) is 11.6 Å². The van der Waals surface area contributed by atoms with E-state index in [4.69, 9.17) is 0 Å². The van der Waals surface area contributed by atoms with Gasteiger partial charge < -0.3 is 0 Å². The Balaban J connectivity index is 2.03. The maximum absolute atomic E-state index is 2.59. The Kier molecular flexibility index (Phi) is 1.09. The molecule has 0 aliphatic carbocycles. The van der Waals surface area contributed by atoms with Gasteiger partial charge in [0.25, 0.3) is 0 Å². The summed E-state index contributed by atoms with van der Waals surface area (Å²) in [6, 6.07) is 0. The van der Waals surface area contributed by atoms with Crippen LogP contribution in [-0.2, 0) is 0 Å². The minimum Gasteiger partial charge on any atom is -0.0686 e. The molecule has 0 saturated carbocycles. The van der Waals surface area contributed by atoms with Crippen molar-refractivity contribution >= 4 is 7.28 Å². The van der Waals surface area contributed by atoms with E-state index < -0.39 is 0 Å². The highest BCUT2D eigenvalue weighted by molar-refractivity contribution is 6.41. The lowest BCUT2D eigenvalue weighted by molar-refractivity contribution is 0.653. The van der Waals surface area contributed by atoms with Crippen molar-refractivity contribution in [3.8, 4) is 0 Å². The van der Waals surface area contributed by atoms with Crippen LogP contribution in [0, 0.1) is 0 Å². The Labute approximate surface area is 51.9 Å². The molecule has 2 rings (SSSR count). The largest absolute Gasteiger partial charge is 0.117 e. The van der Waals surface area contributed by atoms with Crippen LogP contribution in [0.4, 0.5) is 0 Å². The zero-order valence-corrected chi connectivity index (χ0v) is 5.27. The molecule has 2 unspecified atom stereocenters. The van der Waals surface area contributed by atoms with Gasteiger partial charge in [-0.3, -0.25) is 0 Å². The van der Waals surface area contributed by atoms with Crippen LogP contribution in [0.25, 0.3) is 0 Å². The zero-order valence-electron chi connectivity index (χ0n) is 5.27. The van der Waals surface area contributed by atoms with E-state index in [1.165, 1.54) is 32.1 Å². The summed E-state index contributed by atoms with van der Waals surface area (Å²) in [5.41, 5.74) is 0. The minimum atomic E-state index is 1.04. The third-order valence-electron chi connectivity index (χ3n) is 2.60. The molecule has 0 nitrogen and oxygen atoms in total. The van der Waals surface area contributed by atoms with E-state index in [1.54, 1.807) is 0 Å². The van der Waals surface area contributed by atoms with E-state index >= 15 is 0 Å². The topological polar surface area (TPSA) is 0 Å². The second-order valence-electron chi connectivity index (χ2n) is 3.22. The highest BCUT2D eigenvalue weighted by Crippen LogP contribution is 2.43. The molecule has 2 saturated heterocycles. The Morgan fingerprint density at radius 3 is 2.00 bits per heavy atom. The fourth-order valence-corrected chi connectivity index (χ4v) is 2.13. The standard InChI is InChI=1S/C7H12B/c1-2-6-4-5-7(3-1)8-6/h6-7H,1-5H2. The van der Waals surface area contributed by atoms with Crippen LogP contribution in [0.15, 0.2) is 0 Å². The smallest absolute Gasteiger partial charge is 0.0686 e. The fraction of sp³-hybridized carbons (Fsp3) is 1.00. The van der Waals surface area contributed by atoms with Gasteiger partial charge in [0.2, 0.25) is 0 Å². The molecule has 0 aromatic rings. The van der Waals surface area contributed by atoms with Crippen LogP contribution in [0.5, 0.6) is 0 Å². The molecule has 0 spiro atoms.